The van der Waals surface area contributed by atoms with Crippen LogP contribution in [0, 0.1) is 0 Å². The summed E-state index contributed by atoms with van der Waals surface area (Å²) in [5, 5.41) is 5.38. The maximum Gasteiger partial charge on any atom is 0.0852 e. The van der Waals surface area contributed by atoms with E-state index >= 15 is 0 Å². The second-order valence-electron chi connectivity index (χ2n) is 4.10. The van der Waals surface area contributed by atoms with E-state index in [1.165, 1.54) is 11.5 Å². The summed E-state index contributed by atoms with van der Waals surface area (Å²) in [7, 11) is 0. The van der Waals surface area contributed by atoms with Crippen molar-refractivity contribution in [2.45, 2.75) is 25.8 Å². The van der Waals surface area contributed by atoms with Gasteiger partial charge in [0.15, 0.2) is 0 Å². The molecular formula is C12H14Cl2N4S. The Bertz CT molecular complexity index is 558. The van der Waals surface area contributed by atoms with E-state index < -0.39 is 0 Å². The zero-order valence-electron chi connectivity index (χ0n) is 10.4. The Morgan fingerprint density at radius 1 is 1.42 bits per heavy atom. The van der Waals surface area contributed by atoms with Gasteiger partial charge in [0.25, 0.3) is 0 Å². The van der Waals surface area contributed by atoms with Gasteiger partial charge in [-0.05, 0) is 41.7 Å². The number of nitrogens with zero attached hydrogens (tertiary/aromatic N) is 2. The molecule has 2 rings (SSSR count). The number of hydrogen-bond acceptors (Lipinski definition) is 5. The zero-order chi connectivity index (χ0) is 13.8. The second-order valence-corrected chi connectivity index (χ2v) is 5.73. The lowest BCUT2D eigenvalue weighted by molar-refractivity contribution is 0.637. The Morgan fingerprint density at radius 3 is 2.89 bits per heavy atom. The summed E-state index contributed by atoms with van der Waals surface area (Å²) in [5.74, 6) is 5.68. The Morgan fingerprint density at radius 2 is 2.21 bits per heavy atom. The van der Waals surface area contributed by atoms with Gasteiger partial charge < -0.3 is 0 Å². The van der Waals surface area contributed by atoms with Gasteiger partial charge in [-0.1, -0.05) is 41.0 Å². The van der Waals surface area contributed by atoms with Crippen LogP contribution in [0.2, 0.25) is 10.0 Å². The van der Waals surface area contributed by atoms with Crippen LogP contribution in [0.25, 0.3) is 0 Å². The van der Waals surface area contributed by atoms with Crippen molar-refractivity contribution in [2.24, 2.45) is 5.84 Å². The minimum atomic E-state index is -0.243. The predicted molar refractivity (Wildman–Crippen MR) is 79.5 cm³/mol. The topological polar surface area (TPSA) is 63.8 Å². The first-order valence-electron chi connectivity index (χ1n) is 5.89. The SMILES string of the molecule is CCCc1nnsc1C(NN)c1cc(Cl)ccc1Cl. The molecule has 1 aromatic heterocycles. The summed E-state index contributed by atoms with van der Waals surface area (Å²) >= 11 is 13.6. The number of halogens is 2. The molecule has 1 unspecified atom stereocenters. The minimum Gasteiger partial charge on any atom is -0.271 e. The molecule has 1 heterocycles. The summed E-state index contributed by atoms with van der Waals surface area (Å²) in [6.07, 6.45) is 1.86. The molecule has 0 radical (unpaired) electrons. The van der Waals surface area contributed by atoms with Crippen LogP contribution in [0.1, 0.15) is 35.5 Å². The third kappa shape index (κ3) is 3.24. The fraction of sp³-hybridized carbons (Fsp3) is 0.333. The molecule has 0 bridgehead atoms. The molecular weight excluding hydrogens is 303 g/mol. The van der Waals surface area contributed by atoms with Crippen LogP contribution in [0.4, 0.5) is 0 Å². The van der Waals surface area contributed by atoms with Crippen molar-refractivity contribution in [3.63, 3.8) is 0 Å². The third-order valence-corrected chi connectivity index (χ3v) is 4.18. The van der Waals surface area contributed by atoms with Crippen molar-refractivity contribution >= 4 is 34.7 Å². The molecule has 0 fully saturated rings. The number of aromatic nitrogens is 2. The van der Waals surface area contributed by atoms with E-state index in [2.05, 4.69) is 21.9 Å². The third-order valence-electron chi connectivity index (χ3n) is 2.77. The van der Waals surface area contributed by atoms with Crippen molar-refractivity contribution in [3.8, 4) is 0 Å². The molecule has 1 atom stereocenters. The fourth-order valence-electron chi connectivity index (χ4n) is 1.89. The smallest absolute Gasteiger partial charge is 0.0852 e. The highest BCUT2D eigenvalue weighted by atomic mass is 35.5. The summed E-state index contributed by atoms with van der Waals surface area (Å²) < 4.78 is 4.01. The highest BCUT2D eigenvalue weighted by Crippen LogP contribution is 2.33. The van der Waals surface area contributed by atoms with Gasteiger partial charge in [-0.2, -0.15) is 0 Å². The molecule has 0 saturated heterocycles. The monoisotopic (exact) mass is 316 g/mol. The number of hydrazine groups is 1. The lowest BCUT2D eigenvalue weighted by Crippen LogP contribution is -2.29. The van der Waals surface area contributed by atoms with Crippen LogP contribution in [0.15, 0.2) is 18.2 Å². The highest BCUT2D eigenvalue weighted by molar-refractivity contribution is 7.05. The number of aryl methyl sites for hydroxylation is 1. The van der Waals surface area contributed by atoms with Gasteiger partial charge in [0.1, 0.15) is 0 Å². The van der Waals surface area contributed by atoms with Gasteiger partial charge in [0, 0.05) is 10.0 Å². The summed E-state index contributed by atoms with van der Waals surface area (Å²) in [6.45, 7) is 2.10. The molecule has 0 aliphatic rings. The minimum absolute atomic E-state index is 0.243. The Balaban J connectivity index is 2.44. The van der Waals surface area contributed by atoms with Crippen LogP contribution in [-0.4, -0.2) is 9.59 Å². The van der Waals surface area contributed by atoms with E-state index in [-0.39, 0.29) is 6.04 Å². The molecule has 1 aromatic carbocycles. The van der Waals surface area contributed by atoms with Crippen molar-refractivity contribution in [1.29, 1.82) is 0 Å². The Labute approximate surface area is 126 Å². The van der Waals surface area contributed by atoms with Gasteiger partial charge in [0.05, 0.1) is 16.6 Å². The van der Waals surface area contributed by atoms with E-state index in [1.807, 2.05) is 6.07 Å². The quantitative estimate of drug-likeness (QED) is 0.656. The van der Waals surface area contributed by atoms with E-state index in [0.717, 1.165) is 29.0 Å². The van der Waals surface area contributed by atoms with Gasteiger partial charge in [-0.15, -0.1) is 5.10 Å². The number of nitrogens with one attached hydrogen (secondary N) is 1. The van der Waals surface area contributed by atoms with Crippen LogP contribution >= 0.6 is 34.7 Å². The van der Waals surface area contributed by atoms with Gasteiger partial charge in [0.2, 0.25) is 0 Å². The first kappa shape index (κ1) is 14.7. The molecule has 2 aromatic rings. The molecule has 0 aliphatic heterocycles. The van der Waals surface area contributed by atoms with Crippen LogP contribution in [-0.2, 0) is 6.42 Å². The van der Waals surface area contributed by atoms with E-state index in [4.69, 9.17) is 29.0 Å². The van der Waals surface area contributed by atoms with Crippen LogP contribution in [0.3, 0.4) is 0 Å². The molecule has 7 heteroatoms. The zero-order valence-corrected chi connectivity index (χ0v) is 12.7. The predicted octanol–water partition coefficient (Wildman–Crippen LogP) is 3.35. The number of hydrogen-bond donors (Lipinski definition) is 2. The number of benzene rings is 1. The van der Waals surface area contributed by atoms with Crippen molar-refractivity contribution in [1.82, 2.24) is 15.0 Å². The van der Waals surface area contributed by atoms with E-state index in [9.17, 15) is 0 Å². The second kappa shape index (κ2) is 6.63. The maximum absolute atomic E-state index is 6.23. The van der Waals surface area contributed by atoms with Crippen molar-refractivity contribution in [2.75, 3.05) is 0 Å². The largest absolute Gasteiger partial charge is 0.271 e. The van der Waals surface area contributed by atoms with Gasteiger partial charge in [-0.25, -0.2) is 5.43 Å². The van der Waals surface area contributed by atoms with Crippen molar-refractivity contribution < 1.29 is 0 Å². The Kier molecular flexibility index (Phi) is 5.13. The average molecular weight is 317 g/mol. The average Bonchev–Trinajstić information content (AvgIpc) is 2.83. The van der Waals surface area contributed by atoms with Crippen LogP contribution < -0.4 is 11.3 Å². The van der Waals surface area contributed by atoms with E-state index in [0.29, 0.717) is 10.0 Å². The molecule has 102 valence electrons. The van der Waals surface area contributed by atoms with E-state index in [1.54, 1.807) is 12.1 Å². The molecule has 0 spiro atoms. The standard InChI is InChI=1S/C12H14Cl2N4S/c1-2-3-10-12(19-18-17-10)11(16-15)8-6-7(13)4-5-9(8)14/h4-6,11,16H,2-3,15H2,1H3. The van der Waals surface area contributed by atoms with Gasteiger partial charge >= 0.3 is 0 Å². The number of nitrogens with two attached hydrogens (primary N) is 1. The molecule has 0 amide bonds. The van der Waals surface area contributed by atoms with Gasteiger partial charge in [-0.3, -0.25) is 5.84 Å². The molecule has 4 nitrogen and oxygen atoms in total. The summed E-state index contributed by atoms with van der Waals surface area (Å²) in [4.78, 5) is 0.980. The lowest BCUT2D eigenvalue weighted by Gasteiger charge is -2.17. The normalized spacial score (nSPS) is 12.6. The lowest BCUT2D eigenvalue weighted by atomic mass is 10.0. The van der Waals surface area contributed by atoms with Crippen molar-refractivity contribution in [3.05, 3.63) is 44.4 Å². The summed E-state index contributed by atoms with van der Waals surface area (Å²) in [5.41, 5.74) is 4.56. The highest BCUT2D eigenvalue weighted by Gasteiger charge is 2.22. The molecule has 0 aliphatic carbocycles. The molecule has 3 N–H and O–H groups in total. The maximum atomic E-state index is 6.23. The fourth-order valence-corrected chi connectivity index (χ4v) is 3.07. The molecule has 19 heavy (non-hydrogen) atoms. The first-order chi connectivity index (χ1) is 9.17. The Hall–Kier alpha value is -0.720. The van der Waals surface area contributed by atoms with Crippen LogP contribution in [0.5, 0.6) is 0 Å². The summed E-state index contributed by atoms with van der Waals surface area (Å²) in [6, 6.07) is 5.08. The first-order valence-corrected chi connectivity index (χ1v) is 7.42. The number of rotatable bonds is 5. The molecule has 0 saturated carbocycles.